The molecule has 18 heteroatoms. The van der Waals surface area contributed by atoms with Crippen LogP contribution in [0.2, 0.25) is 0 Å². The Kier molecular flexibility index (Phi) is 43.1. The molecular formula is C40H80N8O10. The molecule has 0 aromatic rings. The Labute approximate surface area is 346 Å². The third-order valence-electron chi connectivity index (χ3n) is 9.03. The van der Waals surface area contributed by atoms with Gasteiger partial charge < -0.3 is 38.3 Å². The van der Waals surface area contributed by atoms with Crippen molar-refractivity contribution in [3.63, 3.8) is 0 Å². The number of nitrogens with two attached hydrogens (primary N) is 4. The lowest BCUT2D eigenvalue weighted by atomic mass is 10.1. The average Bonchev–Trinajstić information content (AvgIpc) is 3.16. The standard InChI is InChI=1S/2C17H33N3O4.C6H14N2O2/c2*1-2-3-4-5-6-7-8-9-10-11-16(22)20-19-14(17(23)24)12-13-15(18)21;7-4-2-1-3-5(8)6(9)10/h2*14,19H,2-13H2,1H3,(H2,18,21)(H,20,22)(H,23,24);5H,1-4,7-8H2,(H,9,10). The Morgan fingerprint density at radius 1 is 0.448 bits per heavy atom. The Morgan fingerprint density at radius 3 is 1.05 bits per heavy atom. The van der Waals surface area contributed by atoms with Crippen LogP contribution in [0.5, 0.6) is 0 Å². The van der Waals surface area contributed by atoms with Crippen LogP contribution in [0.3, 0.4) is 0 Å². The van der Waals surface area contributed by atoms with E-state index in [1.165, 1.54) is 77.0 Å². The Hall–Kier alpha value is -3.87. The van der Waals surface area contributed by atoms with Gasteiger partial charge >= 0.3 is 17.9 Å². The molecule has 0 saturated heterocycles. The highest BCUT2D eigenvalue weighted by molar-refractivity contribution is 5.79. The van der Waals surface area contributed by atoms with Crippen LogP contribution in [0.4, 0.5) is 0 Å². The predicted molar refractivity (Wildman–Crippen MR) is 224 cm³/mol. The molecule has 340 valence electrons. The Bertz CT molecular complexity index is 1030. The van der Waals surface area contributed by atoms with E-state index in [1.807, 2.05) is 0 Å². The minimum Gasteiger partial charge on any atom is -0.480 e. The van der Waals surface area contributed by atoms with Gasteiger partial charge in [-0.15, -0.1) is 0 Å². The van der Waals surface area contributed by atoms with Crippen LogP contribution in [0.1, 0.15) is 187 Å². The second-order valence-electron chi connectivity index (χ2n) is 14.6. The SMILES string of the molecule is CCCCCCCCCCCC(=O)NNC(CCC(N)=O)C(=O)O.CCCCCCCCCCCC(=O)NNC(CCC(N)=O)C(=O)O.NCCCCC(N)C(=O)O. The van der Waals surface area contributed by atoms with E-state index in [1.54, 1.807) is 0 Å². The van der Waals surface area contributed by atoms with Gasteiger partial charge in [-0.05, 0) is 45.1 Å². The molecule has 0 radical (unpaired) electrons. The Balaban J connectivity index is -0.000000847. The molecule has 0 aliphatic carbocycles. The van der Waals surface area contributed by atoms with E-state index in [0.29, 0.717) is 25.8 Å². The molecular weight excluding hydrogens is 752 g/mol. The first-order chi connectivity index (χ1) is 27.6. The molecule has 0 spiro atoms. The van der Waals surface area contributed by atoms with Crippen LogP contribution in [0, 0.1) is 0 Å². The van der Waals surface area contributed by atoms with Crippen LogP contribution >= 0.6 is 0 Å². The third-order valence-corrected chi connectivity index (χ3v) is 9.03. The molecule has 18 nitrogen and oxygen atoms in total. The van der Waals surface area contributed by atoms with Gasteiger partial charge in [-0.3, -0.25) is 44.4 Å². The van der Waals surface area contributed by atoms with Gasteiger partial charge in [-0.2, -0.15) is 0 Å². The summed E-state index contributed by atoms with van der Waals surface area (Å²) in [7, 11) is 0. The fourth-order valence-electron chi connectivity index (χ4n) is 5.37. The summed E-state index contributed by atoms with van der Waals surface area (Å²) in [5, 5.41) is 26.3. The summed E-state index contributed by atoms with van der Waals surface area (Å²) >= 11 is 0. The van der Waals surface area contributed by atoms with Crippen LogP contribution in [0.15, 0.2) is 0 Å². The third kappa shape index (κ3) is 44.8. The van der Waals surface area contributed by atoms with Crippen LogP contribution in [0.25, 0.3) is 0 Å². The highest BCUT2D eigenvalue weighted by Crippen LogP contribution is 2.11. The zero-order chi connectivity index (χ0) is 44.4. The van der Waals surface area contributed by atoms with Crippen molar-refractivity contribution < 1.29 is 48.9 Å². The number of hydrazine groups is 2. The fourth-order valence-corrected chi connectivity index (χ4v) is 5.37. The Morgan fingerprint density at radius 2 is 0.776 bits per heavy atom. The molecule has 0 aliphatic rings. The van der Waals surface area contributed by atoms with Crippen molar-refractivity contribution >= 4 is 41.5 Å². The number of carbonyl (C=O) groups is 7. The molecule has 3 atom stereocenters. The lowest BCUT2D eigenvalue weighted by Crippen LogP contribution is -2.48. The fraction of sp³-hybridized carbons (Fsp3) is 0.825. The molecule has 0 heterocycles. The molecule has 4 amide bonds. The van der Waals surface area contributed by atoms with Crippen molar-refractivity contribution in [3.05, 3.63) is 0 Å². The second-order valence-corrected chi connectivity index (χ2v) is 14.6. The quantitative estimate of drug-likeness (QED) is 0.0311. The van der Waals surface area contributed by atoms with Gasteiger partial charge in [-0.1, -0.05) is 123 Å². The molecule has 0 aliphatic heterocycles. The number of hydrogen-bond acceptors (Lipinski definition) is 11. The number of rotatable bonds is 37. The summed E-state index contributed by atoms with van der Waals surface area (Å²) in [6.07, 6.45) is 24.0. The monoisotopic (exact) mass is 833 g/mol. The van der Waals surface area contributed by atoms with E-state index in [0.717, 1.165) is 51.4 Å². The lowest BCUT2D eigenvalue weighted by Gasteiger charge is -2.14. The molecule has 3 unspecified atom stereocenters. The van der Waals surface area contributed by atoms with Gasteiger partial charge in [0.25, 0.3) is 0 Å². The summed E-state index contributed by atoms with van der Waals surface area (Å²) in [5.74, 6) is -4.78. The zero-order valence-electron chi connectivity index (χ0n) is 35.5. The van der Waals surface area contributed by atoms with Crippen LogP contribution < -0.4 is 44.6 Å². The van der Waals surface area contributed by atoms with E-state index in [4.69, 9.17) is 38.3 Å². The summed E-state index contributed by atoms with van der Waals surface area (Å²) in [4.78, 5) is 76.8. The van der Waals surface area contributed by atoms with Gasteiger partial charge in [0.2, 0.25) is 23.6 Å². The number of primary amides is 2. The largest absolute Gasteiger partial charge is 0.480 e. The van der Waals surface area contributed by atoms with Crippen LogP contribution in [-0.4, -0.2) is 81.5 Å². The van der Waals surface area contributed by atoms with Gasteiger partial charge in [0.05, 0.1) is 0 Å². The van der Waals surface area contributed by atoms with Crippen molar-refractivity contribution in [1.29, 1.82) is 0 Å². The number of nitrogens with one attached hydrogen (secondary N) is 4. The molecule has 0 aromatic carbocycles. The number of aliphatic carboxylic acids is 3. The minimum absolute atomic E-state index is 0.0436. The number of hydrogen-bond donors (Lipinski definition) is 11. The smallest absolute Gasteiger partial charge is 0.322 e. The van der Waals surface area contributed by atoms with Crippen molar-refractivity contribution in [1.82, 2.24) is 21.7 Å². The summed E-state index contributed by atoms with van der Waals surface area (Å²) < 4.78 is 0. The van der Waals surface area contributed by atoms with Crippen molar-refractivity contribution in [2.75, 3.05) is 6.54 Å². The van der Waals surface area contributed by atoms with Crippen LogP contribution in [-0.2, 0) is 33.6 Å². The maximum Gasteiger partial charge on any atom is 0.322 e. The minimum atomic E-state index is -1.13. The number of carboxylic acids is 3. The van der Waals surface area contributed by atoms with Gasteiger partial charge in [0, 0.05) is 25.7 Å². The maximum absolute atomic E-state index is 11.7. The first-order valence-corrected chi connectivity index (χ1v) is 21.4. The molecule has 0 bridgehead atoms. The van der Waals surface area contributed by atoms with E-state index in [-0.39, 0.29) is 37.5 Å². The predicted octanol–water partition coefficient (Wildman–Crippen LogP) is 4.02. The van der Waals surface area contributed by atoms with Crippen molar-refractivity contribution in [3.8, 4) is 0 Å². The topological polar surface area (TPSA) is 332 Å². The second kappa shape index (κ2) is 42.7. The van der Waals surface area contributed by atoms with E-state index in [2.05, 4.69) is 35.6 Å². The zero-order valence-corrected chi connectivity index (χ0v) is 35.5. The summed E-state index contributed by atoms with van der Waals surface area (Å²) in [6, 6.07) is -2.74. The highest BCUT2D eigenvalue weighted by atomic mass is 16.4. The van der Waals surface area contributed by atoms with Gasteiger partial charge in [-0.25, -0.2) is 10.9 Å². The number of unbranched alkanes of at least 4 members (excludes halogenated alkanes) is 17. The molecule has 0 saturated carbocycles. The average molecular weight is 833 g/mol. The number of carbonyl (C=O) groups excluding carboxylic acids is 4. The normalized spacial score (nSPS) is 12.1. The first kappa shape index (κ1) is 58.4. The van der Waals surface area contributed by atoms with Gasteiger partial charge in [0.15, 0.2) is 0 Å². The van der Waals surface area contributed by atoms with E-state index >= 15 is 0 Å². The maximum atomic E-state index is 11.7. The first-order valence-electron chi connectivity index (χ1n) is 21.4. The van der Waals surface area contributed by atoms with Gasteiger partial charge in [0.1, 0.15) is 18.1 Å². The highest BCUT2D eigenvalue weighted by Gasteiger charge is 2.19. The summed E-state index contributed by atoms with van der Waals surface area (Å²) in [5.41, 5.74) is 30.1. The van der Waals surface area contributed by atoms with Crippen molar-refractivity contribution in [2.24, 2.45) is 22.9 Å². The molecule has 0 fully saturated rings. The molecule has 15 N–H and O–H groups in total. The number of amides is 4. The van der Waals surface area contributed by atoms with Crippen molar-refractivity contribution in [2.45, 2.75) is 205 Å². The van der Waals surface area contributed by atoms with E-state index < -0.39 is 47.8 Å². The van der Waals surface area contributed by atoms with E-state index in [9.17, 15) is 33.6 Å². The molecule has 0 rings (SSSR count). The summed E-state index contributed by atoms with van der Waals surface area (Å²) in [6.45, 7) is 5.01. The molecule has 0 aromatic heterocycles. The number of carboxylic acid groups (broad SMARTS) is 3. The lowest BCUT2D eigenvalue weighted by molar-refractivity contribution is -0.141. The molecule has 58 heavy (non-hydrogen) atoms.